The largest absolute Gasteiger partial charge is 0.294 e. The second-order valence-corrected chi connectivity index (χ2v) is 7.34. The Morgan fingerprint density at radius 3 is 2.32 bits per heavy atom. The van der Waals surface area contributed by atoms with Crippen LogP contribution in [0.2, 0.25) is 0 Å². The van der Waals surface area contributed by atoms with Crippen LogP contribution in [0.15, 0.2) is 46.4 Å². The minimum absolute atomic E-state index is 0.120. The van der Waals surface area contributed by atoms with Crippen LogP contribution >= 0.6 is 0 Å². The zero-order valence-corrected chi connectivity index (χ0v) is 13.3. The van der Waals surface area contributed by atoms with E-state index in [2.05, 4.69) is 23.8 Å². The van der Waals surface area contributed by atoms with Crippen LogP contribution in [-0.2, 0) is 15.5 Å². The molecular weight excluding hydrogens is 300 g/mol. The molecule has 0 radical (unpaired) electrons. The van der Waals surface area contributed by atoms with Gasteiger partial charge in [0.05, 0.1) is 4.90 Å². The Labute approximate surface area is 129 Å². The number of rotatable bonds is 2. The molecule has 0 amide bonds. The fourth-order valence-electron chi connectivity index (χ4n) is 2.48. The highest BCUT2D eigenvalue weighted by atomic mass is 32.2. The average molecular weight is 316 g/mol. The summed E-state index contributed by atoms with van der Waals surface area (Å²) in [6.07, 6.45) is 1.72. The van der Waals surface area contributed by atoms with Crippen molar-refractivity contribution in [1.82, 2.24) is 4.98 Å². The topological polar surface area (TPSA) is 79.6 Å². The van der Waals surface area contributed by atoms with E-state index in [0.717, 1.165) is 28.2 Å². The number of pyridine rings is 1. The van der Waals surface area contributed by atoms with E-state index in [-0.39, 0.29) is 10.3 Å². The monoisotopic (exact) mass is 316 g/mol. The van der Waals surface area contributed by atoms with E-state index in [1.807, 2.05) is 13.0 Å². The lowest BCUT2D eigenvalue weighted by atomic mass is 9.82. The molecule has 6 heteroatoms. The van der Waals surface area contributed by atoms with E-state index in [1.165, 1.54) is 12.1 Å². The van der Waals surface area contributed by atoms with Gasteiger partial charge in [-0.15, -0.1) is 0 Å². The van der Waals surface area contributed by atoms with Crippen LogP contribution < -0.4 is 0 Å². The molecule has 0 saturated heterocycles. The summed E-state index contributed by atoms with van der Waals surface area (Å²) in [6, 6.07) is 8.10. The van der Waals surface area contributed by atoms with Crippen molar-refractivity contribution in [2.24, 2.45) is 4.99 Å². The molecule has 1 aromatic carbocycles. The van der Waals surface area contributed by atoms with E-state index in [9.17, 15) is 8.42 Å². The van der Waals surface area contributed by atoms with Gasteiger partial charge in [0.2, 0.25) is 0 Å². The third-order valence-electron chi connectivity index (χ3n) is 4.20. The van der Waals surface area contributed by atoms with Gasteiger partial charge in [0.15, 0.2) is 5.82 Å². The summed E-state index contributed by atoms with van der Waals surface area (Å²) in [5.74, 6) is 0.737. The third-order valence-corrected chi connectivity index (χ3v) is 5.07. The Kier molecular flexibility index (Phi) is 3.19. The second kappa shape index (κ2) is 4.72. The molecule has 1 N–H and O–H groups in total. The fourth-order valence-corrected chi connectivity index (χ4v) is 2.96. The minimum atomic E-state index is -4.17. The van der Waals surface area contributed by atoms with Crippen molar-refractivity contribution >= 4 is 21.6 Å². The lowest BCUT2D eigenvalue weighted by Crippen LogP contribution is -2.22. The SMILES string of the molecule is CC1=Nc2ncc(-c3ccc(S(=O)(=O)O)cc3)cc2C1(C)C. The molecule has 0 aliphatic carbocycles. The smallest absolute Gasteiger partial charge is 0.282 e. The summed E-state index contributed by atoms with van der Waals surface area (Å²) in [5, 5.41) is 0. The quantitative estimate of drug-likeness (QED) is 0.861. The second-order valence-electron chi connectivity index (χ2n) is 5.92. The predicted octanol–water partition coefficient (Wildman–Crippen LogP) is 3.38. The zero-order valence-electron chi connectivity index (χ0n) is 12.5. The van der Waals surface area contributed by atoms with E-state index in [4.69, 9.17) is 4.55 Å². The van der Waals surface area contributed by atoms with Gasteiger partial charge in [-0.3, -0.25) is 4.55 Å². The lowest BCUT2D eigenvalue weighted by Gasteiger charge is -2.20. The van der Waals surface area contributed by atoms with Crippen molar-refractivity contribution in [2.75, 3.05) is 0 Å². The van der Waals surface area contributed by atoms with E-state index >= 15 is 0 Å². The molecule has 0 bridgehead atoms. The van der Waals surface area contributed by atoms with Gasteiger partial charge in [-0.25, -0.2) is 9.98 Å². The van der Waals surface area contributed by atoms with Crippen molar-refractivity contribution < 1.29 is 13.0 Å². The van der Waals surface area contributed by atoms with Crippen LogP contribution in [0.1, 0.15) is 26.3 Å². The first kappa shape index (κ1) is 14.9. The van der Waals surface area contributed by atoms with Crippen molar-refractivity contribution in [3.63, 3.8) is 0 Å². The molecule has 114 valence electrons. The number of hydrogen-bond donors (Lipinski definition) is 1. The van der Waals surface area contributed by atoms with Gasteiger partial charge in [0.1, 0.15) is 0 Å². The van der Waals surface area contributed by atoms with Crippen LogP contribution in [0.4, 0.5) is 5.82 Å². The molecular formula is C16H16N2O3S. The standard InChI is InChI=1S/C16H16N2O3S/c1-10-16(2,3)14-8-12(9-17-15(14)18-10)11-4-6-13(7-5-11)22(19,20)21/h4-9H,1-3H3,(H,19,20,21). The Morgan fingerprint density at radius 2 is 1.73 bits per heavy atom. The maximum atomic E-state index is 11.1. The highest BCUT2D eigenvalue weighted by Crippen LogP contribution is 2.40. The number of benzene rings is 1. The number of aliphatic imine (C=N–C) groups is 1. The van der Waals surface area contributed by atoms with Crippen LogP contribution in [0.5, 0.6) is 0 Å². The van der Waals surface area contributed by atoms with Crippen LogP contribution in [0.25, 0.3) is 11.1 Å². The van der Waals surface area contributed by atoms with Crippen LogP contribution in [0.3, 0.4) is 0 Å². The summed E-state index contributed by atoms with van der Waals surface area (Å²) in [5.41, 5.74) is 3.64. The first-order valence-electron chi connectivity index (χ1n) is 6.84. The lowest BCUT2D eigenvalue weighted by molar-refractivity contribution is 0.483. The van der Waals surface area contributed by atoms with Gasteiger partial charge in [-0.2, -0.15) is 8.42 Å². The first-order valence-corrected chi connectivity index (χ1v) is 8.28. The van der Waals surface area contributed by atoms with E-state index in [0.29, 0.717) is 0 Å². The van der Waals surface area contributed by atoms with Crippen molar-refractivity contribution in [3.05, 3.63) is 42.1 Å². The van der Waals surface area contributed by atoms with Crippen LogP contribution in [-0.4, -0.2) is 23.7 Å². The highest BCUT2D eigenvalue weighted by Gasteiger charge is 2.33. The van der Waals surface area contributed by atoms with Gasteiger partial charge < -0.3 is 0 Å². The number of aromatic nitrogens is 1. The molecule has 1 aliphatic heterocycles. The zero-order chi connectivity index (χ0) is 16.1. The summed E-state index contributed by atoms with van der Waals surface area (Å²) < 4.78 is 31.2. The number of nitrogens with zero attached hydrogens (tertiary/aromatic N) is 2. The third kappa shape index (κ3) is 2.34. The summed E-state index contributed by atoms with van der Waals surface area (Å²) >= 11 is 0. The first-order chi connectivity index (χ1) is 10.2. The number of fused-ring (bicyclic) bond motifs is 1. The molecule has 2 heterocycles. The predicted molar refractivity (Wildman–Crippen MR) is 85.3 cm³/mol. The molecule has 3 rings (SSSR count). The van der Waals surface area contributed by atoms with Crippen molar-refractivity contribution in [3.8, 4) is 11.1 Å². The number of hydrogen-bond acceptors (Lipinski definition) is 4. The minimum Gasteiger partial charge on any atom is -0.282 e. The summed E-state index contributed by atoms with van der Waals surface area (Å²) in [6.45, 7) is 6.19. The molecule has 5 nitrogen and oxygen atoms in total. The average Bonchev–Trinajstić information content (AvgIpc) is 2.68. The molecule has 0 unspecified atom stereocenters. The van der Waals surface area contributed by atoms with E-state index in [1.54, 1.807) is 18.3 Å². The molecule has 0 fully saturated rings. The molecule has 0 spiro atoms. The Hall–Kier alpha value is -2.05. The molecule has 0 atom stereocenters. The maximum Gasteiger partial charge on any atom is 0.294 e. The molecule has 2 aromatic rings. The molecule has 0 saturated carbocycles. The van der Waals surface area contributed by atoms with Gasteiger partial charge in [-0.1, -0.05) is 26.0 Å². The summed E-state index contributed by atoms with van der Waals surface area (Å²) in [7, 11) is -4.17. The Morgan fingerprint density at radius 1 is 1.09 bits per heavy atom. The van der Waals surface area contributed by atoms with Crippen LogP contribution in [0, 0.1) is 0 Å². The van der Waals surface area contributed by atoms with E-state index < -0.39 is 10.1 Å². The highest BCUT2D eigenvalue weighted by molar-refractivity contribution is 7.85. The Balaban J connectivity index is 2.04. The molecule has 1 aromatic heterocycles. The Bertz CT molecular complexity index is 882. The van der Waals surface area contributed by atoms with Gasteiger partial charge in [-0.05, 0) is 30.7 Å². The van der Waals surface area contributed by atoms with Gasteiger partial charge in [0, 0.05) is 28.5 Å². The fraction of sp³-hybridized carbons (Fsp3) is 0.250. The van der Waals surface area contributed by atoms with Gasteiger partial charge >= 0.3 is 0 Å². The summed E-state index contributed by atoms with van der Waals surface area (Å²) in [4.78, 5) is 8.76. The molecule has 1 aliphatic rings. The van der Waals surface area contributed by atoms with Crippen molar-refractivity contribution in [2.45, 2.75) is 31.1 Å². The van der Waals surface area contributed by atoms with Gasteiger partial charge in [0.25, 0.3) is 10.1 Å². The van der Waals surface area contributed by atoms with Crippen molar-refractivity contribution in [1.29, 1.82) is 0 Å². The normalized spacial score (nSPS) is 16.3. The molecule has 22 heavy (non-hydrogen) atoms. The maximum absolute atomic E-state index is 11.1.